The van der Waals surface area contributed by atoms with Crippen LogP contribution in [0.1, 0.15) is 20.8 Å². The lowest BCUT2D eigenvalue weighted by Crippen LogP contribution is -2.42. The van der Waals surface area contributed by atoms with Crippen molar-refractivity contribution in [2.75, 3.05) is 13.7 Å². The minimum Gasteiger partial charge on any atom is -0.493 e. The molecule has 4 rings (SSSR count). The van der Waals surface area contributed by atoms with E-state index in [-0.39, 0.29) is 17.5 Å². The molecule has 0 saturated heterocycles. The number of nitrogens with zero attached hydrogens (tertiary/aromatic N) is 1. The predicted molar refractivity (Wildman–Crippen MR) is 98.4 cm³/mol. The molecule has 2 aromatic heterocycles. The van der Waals surface area contributed by atoms with Crippen LogP contribution in [0.25, 0.3) is 10.2 Å². The molecule has 1 aromatic carbocycles. The van der Waals surface area contributed by atoms with Gasteiger partial charge in [-0.25, -0.2) is 4.98 Å². The maximum atomic E-state index is 12.7. The molecule has 0 aliphatic carbocycles. The second-order valence-electron chi connectivity index (χ2n) is 6.10. The summed E-state index contributed by atoms with van der Waals surface area (Å²) >= 11 is 1.22. The number of carbonyl (C=O) groups is 1. The number of amides is 1. The fourth-order valence-corrected chi connectivity index (χ4v) is 4.25. The quantitative estimate of drug-likeness (QED) is 0.735. The number of hydrogen-bond donors (Lipinski definition) is 2. The summed E-state index contributed by atoms with van der Waals surface area (Å²) in [5.74, 6) is 1.21. The Morgan fingerprint density at radius 1 is 1.46 bits per heavy atom. The van der Waals surface area contributed by atoms with Gasteiger partial charge < -0.3 is 19.8 Å². The van der Waals surface area contributed by atoms with Crippen LogP contribution in [0.15, 0.2) is 29.3 Å². The number of benzene rings is 1. The number of aromatic nitrogens is 2. The average molecular weight is 371 g/mol. The summed E-state index contributed by atoms with van der Waals surface area (Å²) in [6.07, 6.45) is 2.00. The van der Waals surface area contributed by atoms with Gasteiger partial charge in [-0.05, 0) is 25.0 Å². The van der Waals surface area contributed by atoms with Crippen LogP contribution in [-0.2, 0) is 6.42 Å². The molecule has 0 spiro atoms. The van der Waals surface area contributed by atoms with E-state index in [1.165, 1.54) is 17.7 Å². The Morgan fingerprint density at radius 3 is 3.08 bits per heavy atom. The minimum atomic E-state index is -0.232. The average Bonchev–Trinajstić information content (AvgIpc) is 2.99. The van der Waals surface area contributed by atoms with E-state index in [0.29, 0.717) is 39.4 Å². The normalized spacial score (nSPS) is 16.0. The Morgan fingerprint density at radius 2 is 2.31 bits per heavy atom. The van der Waals surface area contributed by atoms with E-state index in [1.54, 1.807) is 14.0 Å². The van der Waals surface area contributed by atoms with Crippen molar-refractivity contribution in [1.29, 1.82) is 0 Å². The van der Waals surface area contributed by atoms with Crippen molar-refractivity contribution in [2.24, 2.45) is 0 Å². The van der Waals surface area contributed by atoms with Crippen LogP contribution < -0.4 is 20.3 Å². The van der Waals surface area contributed by atoms with E-state index in [1.807, 2.05) is 18.2 Å². The van der Waals surface area contributed by atoms with Crippen LogP contribution in [0.3, 0.4) is 0 Å². The first-order chi connectivity index (χ1) is 12.6. The van der Waals surface area contributed by atoms with E-state index in [9.17, 15) is 9.59 Å². The van der Waals surface area contributed by atoms with E-state index < -0.39 is 0 Å². The largest absolute Gasteiger partial charge is 0.493 e. The number of aryl methyl sites for hydroxylation is 1. The number of thiophene rings is 1. The number of fused-ring (bicyclic) bond motifs is 2. The van der Waals surface area contributed by atoms with Crippen molar-refractivity contribution in [3.63, 3.8) is 0 Å². The topological polar surface area (TPSA) is 93.3 Å². The molecule has 1 aliphatic heterocycles. The first-order valence-electron chi connectivity index (χ1n) is 8.14. The van der Waals surface area contributed by atoms with Crippen LogP contribution in [0, 0.1) is 6.92 Å². The van der Waals surface area contributed by atoms with Gasteiger partial charge in [0.1, 0.15) is 11.4 Å². The maximum absolute atomic E-state index is 12.7. The number of nitrogens with one attached hydrogen (secondary N) is 2. The number of hydrogen-bond acceptors (Lipinski definition) is 6. The Kier molecular flexibility index (Phi) is 4.12. The van der Waals surface area contributed by atoms with Crippen molar-refractivity contribution in [2.45, 2.75) is 19.4 Å². The standard InChI is InChI=1S/C18H17N3O4S/c1-9-13-16(22)19-8-20-18(13)26-15(9)17(23)21-11-6-10-4-3-5-12(24-2)14(10)25-7-11/h3-5,8,11H,6-7H2,1-2H3,(H,21,23)(H,19,20,22). The first-order valence-corrected chi connectivity index (χ1v) is 8.96. The monoisotopic (exact) mass is 371 g/mol. The highest BCUT2D eigenvalue weighted by Gasteiger charge is 2.26. The molecule has 3 heterocycles. The molecule has 26 heavy (non-hydrogen) atoms. The molecule has 8 heteroatoms. The van der Waals surface area contributed by atoms with Gasteiger partial charge in [0.2, 0.25) is 0 Å². The molecule has 1 amide bonds. The number of aromatic amines is 1. The van der Waals surface area contributed by atoms with Gasteiger partial charge >= 0.3 is 0 Å². The van der Waals surface area contributed by atoms with E-state index in [0.717, 1.165) is 11.3 Å². The van der Waals surface area contributed by atoms with Crippen LogP contribution >= 0.6 is 11.3 Å². The Hall–Kier alpha value is -2.87. The maximum Gasteiger partial charge on any atom is 0.262 e. The molecule has 7 nitrogen and oxygen atoms in total. The number of rotatable bonds is 3. The number of ether oxygens (including phenoxy) is 2. The van der Waals surface area contributed by atoms with E-state index >= 15 is 0 Å². The third-order valence-electron chi connectivity index (χ3n) is 4.45. The number of methoxy groups -OCH3 is 1. The molecule has 134 valence electrons. The third-order valence-corrected chi connectivity index (χ3v) is 5.65. The zero-order valence-electron chi connectivity index (χ0n) is 14.3. The summed E-state index contributed by atoms with van der Waals surface area (Å²) in [7, 11) is 1.60. The third kappa shape index (κ3) is 2.72. The van der Waals surface area contributed by atoms with Gasteiger partial charge in [-0.2, -0.15) is 0 Å². The van der Waals surface area contributed by atoms with Crippen molar-refractivity contribution in [3.8, 4) is 11.5 Å². The minimum absolute atomic E-state index is 0.155. The molecule has 3 aromatic rings. The first kappa shape index (κ1) is 16.6. The molecule has 0 fully saturated rings. The number of carbonyl (C=O) groups excluding carboxylic acids is 1. The molecule has 0 bridgehead atoms. The highest BCUT2D eigenvalue weighted by Crippen LogP contribution is 2.34. The summed E-state index contributed by atoms with van der Waals surface area (Å²) in [6.45, 7) is 2.13. The summed E-state index contributed by atoms with van der Waals surface area (Å²) in [5.41, 5.74) is 1.41. The molecule has 1 aliphatic rings. The van der Waals surface area contributed by atoms with Gasteiger partial charge in [0, 0.05) is 5.56 Å². The Bertz CT molecular complexity index is 1060. The summed E-state index contributed by atoms with van der Waals surface area (Å²) < 4.78 is 11.1. The molecule has 0 saturated carbocycles. The smallest absolute Gasteiger partial charge is 0.262 e. The van der Waals surface area contributed by atoms with Crippen molar-refractivity contribution in [1.82, 2.24) is 15.3 Å². The lowest BCUT2D eigenvalue weighted by molar-refractivity contribution is 0.0918. The van der Waals surface area contributed by atoms with Crippen LogP contribution in [0.2, 0.25) is 0 Å². The van der Waals surface area contributed by atoms with E-state index in [4.69, 9.17) is 9.47 Å². The van der Waals surface area contributed by atoms with Crippen LogP contribution in [0.4, 0.5) is 0 Å². The fourth-order valence-electron chi connectivity index (χ4n) is 3.19. The molecule has 2 N–H and O–H groups in total. The molecular weight excluding hydrogens is 354 g/mol. The SMILES string of the molecule is COc1cccc2c1OCC(NC(=O)c1sc3nc[nH]c(=O)c3c1C)C2. The van der Waals surface area contributed by atoms with Gasteiger partial charge in [0.25, 0.3) is 11.5 Å². The van der Waals surface area contributed by atoms with Gasteiger partial charge in [-0.3, -0.25) is 9.59 Å². The fraction of sp³-hybridized carbons (Fsp3) is 0.278. The van der Waals surface area contributed by atoms with Gasteiger partial charge in [0.05, 0.1) is 29.7 Å². The van der Waals surface area contributed by atoms with Gasteiger partial charge in [-0.1, -0.05) is 12.1 Å². The van der Waals surface area contributed by atoms with E-state index in [2.05, 4.69) is 15.3 Å². The Balaban J connectivity index is 1.57. The lowest BCUT2D eigenvalue weighted by atomic mass is 10.0. The molecule has 1 unspecified atom stereocenters. The molecule has 0 radical (unpaired) electrons. The van der Waals surface area contributed by atoms with Gasteiger partial charge in [0.15, 0.2) is 11.5 Å². The lowest BCUT2D eigenvalue weighted by Gasteiger charge is -2.27. The van der Waals surface area contributed by atoms with Crippen LogP contribution in [0.5, 0.6) is 11.5 Å². The highest BCUT2D eigenvalue weighted by molar-refractivity contribution is 7.20. The van der Waals surface area contributed by atoms with Crippen molar-refractivity contribution in [3.05, 3.63) is 50.9 Å². The number of H-pyrrole nitrogens is 1. The second-order valence-corrected chi connectivity index (χ2v) is 7.10. The van der Waals surface area contributed by atoms with Gasteiger partial charge in [-0.15, -0.1) is 11.3 Å². The molecular formula is C18H17N3O4S. The zero-order valence-corrected chi connectivity index (χ0v) is 15.1. The summed E-state index contributed by atoms with van der Waals surface area (Å²) in [6, 6.07) is 5.56. The van der Waals surface area contributed by atoms with Crippen LogP contribution in [-0.4, -0.2) is 35.6 Å². The highest BCUT2D eigenvalue weighted by atomic mass is 32.1. The summed E-state index contributed by atoms with van der Waals surface area (Å²) in [4.78, 5) is 32.5. The van der Waals surface area contributed by atoms with Crippen molar-refractivity contribution >= 4 is 27.5 Å². The number of para-hydroxylation sites is 1. The zero-order chi connectivity index (χ0) is 18.3. The van der Waals surface area contributed by atoms with Crippen molar-refractivity contribution < 1.29 is 14.3 Å². The molecule has 1 atom stereocenters. The summed E-state index contributed by atoms with van der Waals surface area (Å²) in [5, 5.41) is 3.47. The second kappa shape index (κ2) is 6.45. The Labute approximate surface area is 153 Å². The predicted octanol–water partition coefficient (Wildman–Crippen LogP) is 2.04.